The highest BCUT2D eigenvalue weighted by atomic mass is 16.3. The van der Waals surface area contributed by atoms with E-state index in [0.717, 1.165) is 29.7 Å². The topological polar surface area (TPSA) is 49.3 Å². The smallest absolute Gasteiger partial charge is 0.224 e. The quantitative estimate of drug-likeness (QED) is 0.685. The summed E-state index contributed by atoms with van der Waals surface area (Å²) in [6.45, 7) is 3.29. The van der Waals surface area contributed by atoms with Gasteiger partial charge in [0.25, 0.3) is 0 Å². The molecule has 0 unspecified atom stereocenters. The third-order valence-corrected chi connectivity index (χ3v) is 2.75. The molecule has 1 amide bonds. The summed E-state index contributed by atoms with van der Waals surface area (Å²) >= 11 is 0. The molecular weight excluding hydrogens is 226 g/mol. The first-order valence-electron chi connectivity index (χ1n) is 6.12. The van der Waals surface area contributed by atoms with Gasteiger partial charge in [0.05, 0.1) is 0 Å². The number of carbonyl (C=O) groups is 1. The van der Waals surface area contributed by atoms with E-state index < -0.39 is 5.60 Å². The summed E-state index contributed by atoms with van der Waals surface area (Å²) in [5.74, 6) is 5.74. The van der Waals surface area contributed by atoms with Gasteiger partial charge in [-0.2, -0.15) is 0 Å². The highest BCUT2D eigenvalue weighted by molar-refractivity contribution is 5.92. The normalized spacial score (nSPS) is 14.9. The maximum atomic E-state index is 11.5. The van der Waals surface area contributed by atoms with Gasteiger partial charge in [0, 0.05) is 17.7 Å². The van der Waals surface area contributed by atoms with Crippen LogP contribution in [0.1, 0.15) is 37.8 Å². The van der Waals surface area contributed by atoms with Crippen LogP contribution >= 0.6 is 0 Å². The number of aryl methyl sites for hydroxylation is 1. The van der Waals surface area contributed by atoms with Crippen molar-refractivity contribution in [2.75, 3.05) is 5.32 Å². The van der Waals surface area contributed by atoms with Gasteiger partial charge in [-0.05, 0) is 44.4 Å². The Bertz CT molecular complexity index is 530. The standard InChI is InChI=1S/C15H17NO2/c1-15(2,18)9-8-11-6-7-12-4-3-5-14(17)16-13(12)10-11/h6-7,10,18H,3-5H2,1-2H3,(H,16,17). The van der Waals surface area contributed by atoms with Gasteiger partial charge in [-0.1, -0.05) is 17.9 Å². The van der Waals surface area contributed by atoms with Gasteiger partial charge in [-0.15, -0.1) is 0 Å². The minimum atomic E-state index is -1.00. The summed E-state index contributed by atoms with van der Waals surface area (Å²) in [6, 6.07) is 5.79. The van der Waals surface area contributed by atoms with Crippen LogP contribution in [0.4, 0.5) is 5.69 Å². The first kappa shape index (κ1) is 12.7. The van der Waals surface area contributed by atoms with E-state index in [4.69, 9.17) is 0 Å². The van der Waals surface area contributed by atoms with Gasteiger partial charge in [0.15, 0.2) is 0 Å². The van der Waals surface area contributed by atoms with Crippen molar-refractivity contribution in [2.24, 2.45) is 0 Å². The Hall–Kier alpha value is -1.79. The molecule has 3 heteroatoms. The lowest BCUT2D eigenvalue weighted by Crippen LogP contribution is -2.14. The fraction of sp³-hybridized carbons (Fsp3) is 0.400. The lowest BCUT2D eigenvalue weighted by molar-refractivity contribution is -0.116. The summed E-state index contributed by atoms with van der Waals surface area (Å²) in [4.78, 5) is 11.5. The molecule has 1 aromatic carbocycles. The molecule has 0 aliphatic carbocycles. The number of aliphatic hydroxyl groups is 1. The molecule has 0 spiro atoms. The van der Waals surface area contributed by atoms with E-state index >= 15 is 0 Å². The molecule has 0 bridgehead atoms. The lowest BCUT2D eigenvalue weighted by atomic mass is 10.0. The van der Waals surface area contributed by atoms with Crippen LogP contribution in [0.15, 0.2) is 18.2 Å². The number of carbonyl (C=O) groups excluding carboxylic acids is 1. The molecule has 94 valence electrons. The van der Waals surface area contributed by atoms with Gasteiger partial charge in [-0.3, -0.25) is 4.79 Å². The highest BCUT2D eigenvalue weighted by Crippen LogP contribution is 2.23. The Kier molecular flexibility index (Phi) is 3.40. The summed E-state index contributed by atoms with van der Waals surface area (Å²) in [6.07, 6.45) is 2.36. The zero-order valence-corrected chi connectivity index (χ0v) is 10.7. The first-order valence-corrected chi connectivity index (χ1v) is 6.12. The molecule has 0 fully saturated rings. The van der Waals surface area contributed by atoms with Gasteiger partial charge in [0.2, 0.25) is 5.91 Å². The van der Waals surface area contributed by atoms with Crippen molar-refractivity contribution in [1.82, 2.24) is 0 Å². The maximum absolute atomic E-state index is 11.5. The van der Waals surface area contributed by atoms with Crippen molar-refractivity contribution >= 4 is 11.6 Å². The van der Waals surface area contributed by atoms with Crippen LogP contribution in [0.25, 0.3) is 0 Å². The average Bonchev–Trinajstić information content (AvgIpc) is 2.45. The predicted octanol–water partition coefficient (Wildman–Crippen LogP) is 2.08. The van der Waals surface area contributed by atoms with Crippen molar-refractivity contribution in [3.05, 3.63) is 29.3 Å². The molecule has 0 saturated carbocycles. The van der Waals surface area contributed by atoms with Gasteiger partial charge in [-0.25, -0.2) is 0 Å². The van der Waals surface area contributed by atoms with Gasteiger partial charge in [0.1, 0.15) is 5.60 Å². The number of amides is 1. The van der Waals surface area contributed by atoms with E-state index in [1.807, 2.05) is 18.2 Å². The number of anilines is 1. The Morgan fingerprint density at radius 2 is 2.11 bits per heavy atom. The molecule has 3 nitrogen and oxygen atoms in total. The van der Waals surface area contributed by atoms with Gasteiger partial charge >= 0.3 is 0 Å². The van der Waals surface area contributed by atoms with E-state index in [2.05, 4.69) is 17.2 Å². The maximum Gasteiger partial charge on any atom is 0.224 e. The molecule has 2 N–H and O–H groups in total. The Morgan fingerprint density at radius 3 is 2.83 bits per heavy atom. The van der Waals surface area contributed by atoms with Crippen LogP contribution in [0.5, 0.6) is 0 Å². The lowest BCUT2D eigenvalue weighted by Gasteiger charge is -2.08. The van der Waals surface area contributed by atoms with Gasteiger partial charge < -0.3 is 10.4 Å². The van der Waals surface area contributed by atoms with Crippen molar-refractivity contribution in [3.8, 4) is 11.8 Å². The van der Waals surface area contributed by atoms with Crippen LogP contribution in [-0.2, 0) is 11.2 Å². The predicted molar refractivity (Wildman–Crippen MR) is 71.2 cm³/mol. The van der Waals surface area contributed by atoms with Crippen molar-refractivity contribution in [3.63, 3.8) is 0 Å². The minimum Gasteiger partial charge on any atom is -0.378 e. The summed E-state index contributed by atoms with van der Waals surface area (Å²) < 4.78 is 0. The zero-order valence-electron chi connectivity index (χ0n) is 10.7. The number of rotatable bonds is 0. The van der Waals surface area contributed by atoms with Crippen LogP contribution in [-0.4, -0.2) is 16.6 Å². The number of nitrogens with one attached hydrogen (secondary N) is 1. The van der Waals surface area contributed by atoms with E-state index in [9.17, 15) is 9.90 Å². The Balaban J connectivity index is 2.31. The van der Waals surface area contributed by atoms with E-state index in [0.29, 0.717) is 6.42 Å². The number of hydrogen-bond acceptors (Lipinski definition) is 2. The Labute approximate surface area is 107 Å². The number of benzene rings is 1. The van der Waals surface area contributed by atoms with Crippen LogP contribution < -0.4 is 5.32 Å². The number of hydrogen-bond donors (Lipinski definition) is 2. The summed E-state index contributed by atoms with van der Waals surface area (Å²) in [5, 5.41) is 12.5. The molecular formula is C15H17NO2. The molecule has 0 aromatic heterocycles. The van der Waals surface area contributed by atoms with Crippen LogP contribution in [0, 0.1) is 11.8 Å². The first-order chi connectivity index (χ1) is 8.44. The second-order valence-corrected chi connectivity index (χ2v) is 5.08. The average molecular weight is 243 g/mol. The molecule has 2 rings (SSSR count). The second-order valence-electron chi connectivity index (χ2n) is 5.08. The number of fused-ring (bicyclic) bond motifs is 1. The monoisotopic (exact) mass is 243 g/mol. The second kappa shape index (κ2) is 4.83. The third-order valence-electron chi connectivity index (χ3n) is 2.75. The van der Waals surface area contributed by atoms with Crippen molar-refractivity contribution in [2.45, 2.75) is 38.7 Å². The van der Waals surface area contributed by atoms with E-state index in [-0.39, 0.29) is 5.91 Å². The van der Waals surface area contributed by atoms with E-state index in [1.165, 1.54) is 0 Å². The molecule has 1 heterocycles. The molecule has 1 aromatic rings. The fourth-order valence-electron chi connectivity index (χ4n) is 1.87. The van der Waals surface area contributed by atoms with Crippen LogP contribution in [0.3, 0.4) is 0 Å². The zero-order chi connectivity index (χ0) is 13.2. The minimum absolute atomic E-state index is 0.0568. The Morgan fingerprint density at radius 1 is 1.33 bits per heavy atom. The molecule has 0 saturated heterocycles. The fourth-order valence-corrected chi connectivity index (χ4v) is 1.87. The molecule has 0 atom stereocenters. The SMILES string of the molecule is CC(C)(O)C#Cc1ccc2c(c1)NC(=O)CCC2. The summed E-state index contributed by atoms with van der Waals surface area (Å²) in [7, 11) is 0. The summed E-state index contributed by atoms with van der Waals surface area (Å²) in [5.41, 5.74) is 1.79. The van der Waals surface area contributed by atoms with Crippen molar-refractivity contribution < 1.29 is 9.90 Å². The highest BCUT2D eigenvalue weighted by Gasteiger charge is 2.12. The molecule has 1 aliphatic rings. The van der Waals surface area contributed by atoms with Crippen LogP contribution in [0.2, 0.25) is 0 Å². The molecule has 18 heavy (non-hydrogen) atoms. The largest absolute Gasteiger partial charge is 0.378 e. The molecule has 0 radical (unpaired) electrons. The van der Waals surface area contributed by atoms with E-state index in [1.54, 1.807) is 13.8 Å². The third kappa shape index (κ3) is 3.35. The molecule has 1 aliphatic heterocycles. The van der Waals surface area contributed by atoms with Crippen molar-refractivity contribution in [1.29, 1.82) is 0 Å².